The van der Waals surface area contributed by atoms with E-state index in [0.717, 1.165) is 12.1 Å². The van der Waals surface area contributed by atoms with Gasteiger partial charge in [-0.3, -0.25) is 0 Å². The maximum absolute atomic E-state index is 11.8. The second-order valence-corrected chi connectivity index (χ2v) is 7.38. The zero-order chi connectivity index (χ0) is 15.9. The summed E-state index contributed by atoms with van der Waals surface area (Å²) in [6.07, 6.45) is 0.972. The van der Waals surface area contributed by atoms with Crippen LogP contribution in [0.4, 0.5) is 5.69 Å². The van der Waals surface area contributed by atoms with Crippen molar-refractivity contribution in [3.63, 3.8) is 0 Å². The van der Waals surface area contributed by atoms with Crippen molar-refractivity contribution < 1.29 is 9.90 Å². The van der Waals surface area contributed by atoms with Gasteiger partial charge in [0.2, 0.25) is 0 Å². The van der Waals surface area contributed by atoms with Crippen LogP contribution in [0.15, 0.2) is 18.2 Å². The van der Waals surface area contributed by atoms with Crippen LogP contribution in [0.1, 0.15) is 58.1 Å². The van der Waals surface area contributed by atoms with E-state index in [1.165, 1.54) is 11.1 Å². The fraction of sp³-hybridized carbons (Fsp3) is 0.611. The number of aryl methyl sites for hydroxylation is 1. The monoisotopic (exact) mass is 289 g/mol. The van der Waals surface area contributed by atoms with Gasteiger partial charge < -0.3 is 10.0 Å². The number of benzene rings is 1. The highest BCUT2D eigenvalue weighted by atomic mass is 16.4. The van der Waals surface area contributed by atoms with Gasteiger partial charge in [-0.1, -0.05) is 38.5 Å². The van der Waals surface area contributed by atoms with E-state index >= 15 is 0 Å². The first-order chi connectivity index (χ1) is 9.65. The maximum Gasteiger partial charge on any atom is 0.326 e. The molecule has 0 aromatic heterocycles. The molecule has 1 aromatic carbocycles. The predicted molar refractivity (Wildman–Crippen MR) is 87.0 cm³/mol. The largest absolute Gasteiger partial charge is 0.480 e. The number of fused-ring (bicyclic) bond motifs is 1. The van der Waals surface area contributed by atoms with Gasteiger partial charge in [0.25, 0.3) is 0 Å². The zero-order valence-electron chi connectivity index (χ0n) is 14.0. The first kappa shape index (κ1) is 15.9. The Kier molecular flexibility index (Phi) is 4.05. The predicted octanol–water partition coefficient (Wildman–Crippen LogP) is 4.20. The molecule has 0 aliphatic carbocycles. The minimum atomic E-state index is -0.737. The summed E-state index contributed by atoms with van der Waals surface area (Å²) < 4.78 is 0. The minimum Gasteiger partial charge on any atom is -0.480 e. The minimum absolute atomic E-state index is 0.0596. The number of carboxylic acids is 1. The van der Waals surface area contributed by atoms with E-state index < -0.39 is 12.0 Å². The Balaban J connectivity index is 2.62. The van der Waals surface area contributed by atoms with Crippen LogP contribution in [0, 0.1) is 12.8 Å². The van der Waals surface area contributed by atoms with E-state index in [0.29, 0.717) is 5.92 Å². The maximum atomic E-state index is 11.8. The van der Waals surface area contributed by atoms with Gasteiger partial charge in [0.15, 0.2) is 0 Å². The van der Waals surface area contributed by atoms with Gasteiger partial charge in [-0.25, -0.2) is 4.79 Å². The molecule has 0 unspecified atom stereocenters. The first-order valence-corrected chi connectivity index (χ1v) is 7.78. The normalized spacial score (nSPS) is 22.0. The fourth-order valence-electron chi connectivity index (χ4n) is 3.79. The molecule has 3 heteroatoms. The summed E-state index contributed by atoms with van der Waals surface area (Å²) in [5.74, 6) is -0.226. The quantitative estimate of drug-likeness (QED) is 0.906. The van der Waals surface area contributed by atoms with Crippen LogP contribution in [-0.2, 0) is 4.79 Å². The smallest absolute Gasteiger partial charge is 0.326 e. The molecule has 1 aromatic rings. The molecular formula is C18H27NO2. The molecule has 0 spiro atoms. The molecule has 116 valence electrons. The van der Waals surface area contributed by atoms with Crippen molar-refractivity contribution in [1.29, 1.82) is 0 Å². The van der Waals surface area contributed by atoms with E-state index in [2.05, 4.69) is 50.8 Å². The van der Waals surface area contributed by atoms with Crippen LogP contribution in [0.3, 0.4) is 0 Å². The SMILES string of the molecule is Cc1ccc2c(c1)[C@H](C)CC(C)(C)N2[C@@H](C(=O)O)C(C)C. The lowest BCUT2D eigenvalue weighted by Crippen LogP contribution is -2.58. The highest BCUT2D eigenvalue weighted by Gasteiger charge is 2.43. The van der Waals surface area contributed by atoms with Gasteiger partial charge >= 0.3 is 5.97 Å². The lowest BCUT2D eigenvalue weighted by atomic mass is 9.77. The van der Waals surface area contributed by atoms with Crippen molar-refractivity contribution in [2.75, 3.05) is 4.90 Å². The number of carboxylic acid groups (broad SMARTS) is 1. The van der Waals surface area contributed by atoms with Crippen LogP contribution >= 0.6 is 0 Å². The molecule has 3 nitrogen and oxygen atoms in total. The number of carbonyl (C=O) groups is 1. The summed E-state index contributed by atoms with van der Waals surface area (Å²) in [7, 11) is 0. The highest BCUT2D eigenvalue weighted by molar-refractivity contribution is 5.80. The summed E-state index contributed by atoms with van der Waals surface area (Å²) in [6.45, 7) is 12.6. The Morgan fingerprint density at radius 3 is 2.52 bits per heavy atom. The molecule has 0 saturated heterocycles. The molecular weight excluding hydrogens is 262 g/mol. The number of rotatable bonds is 3. The fourth-order valence-corrected chi connectivity index (χ4v) is 3.79. The van der Waals surface area contributed by atoms with E-state index in [4.69, 9.17) is 0 Å². The van der Waals surface area contributed by atoms with E-state index in [9.17, 15) is 9.90 Å². The summed E-state index contributed by atoms with van der Waals surface area (Å²) >= 11 is 0. The third kappa shape index (κ3) is 2.78. The van der Waals surface area contributed by atoms with Crippen LogP contribution in [0.5, 0.6) is 0 Å². The Morgan fingerprint density at radius 2 is 2.00 bits per heavy atom. The van der Waals surface area contributed by atoms with Crippen molar-refractivity contribution in [2.24, 2.45) is 5.92 Å². The highest BCUT2D eigenvalue weighted by Crippen LogP contribution is 2.45. The second kappa shape index (κ2) is 5.36. The summed E-state index contributed by atoms with van der Waals surface area (Å²) in [6, 6.07) is 5.90. The molecule has 1 N–H and O–H groups in total. The molecule has 0 fully saturated rings. The van der Waals surface area contributed by atoms with Crippen LogP contribution in [0.2, 0.25) is 0 Å². The number of anilines is 1. The molecule has 2 atom stereocenters. The molecule has 1 aliphatic heterocycles. The molecule has 0 radical (unpaired) electrons. The van der Waals surface area contributed by atoms with Crippen molar-refractivity contribution in [2.45, 2.75) is 65.5 Å². The van der Waals surface area contributed by atoms with Gasteiger partial charge in [0.05, 0.1) is 0 Å². The van der Waals surface area contributed by atoms with Gasteiger partial charge in [0.1, 0.15) is 6.04 Å². The molecule has 0 saturated carbocycles. The van der Waals surface area contributed by atoms with E-state index in [-0.39, 0.29) is 11.5 Å². The summed E-state index contributed by atoms with van der Waals surface area (Å²) in [5.41, 5.74) is 3.44. The second-order valence-electron chi connectivity index (χ2n) is 7.38. The van der Waals surface area contributed by atoms with Gasteiger partial charge in [-0.05, 0) is 50.7 Å². The molecule has 0 amide bonds. The van der Waals surface area contributed by atoms with Crippen LogP contribution in [-0.4, -0.2) is 22.7 Å². The van der Waals surface area contributed by atoms with Crippen LogP contribution in [0.25, 0.3) is 0 Å². The Morgan fingerprint density at radius 1 is 1.38 bits per heavy atom. The van der Waals surface area contributed by atoms with Crippen molar-refractivity contribution in [3.8, 4) is 0 Å². The van der Waals surface area contributed by atoms with Crippen LogP contribution < -0.4 is 4.90 Å². The molecule has 2 rings (SSSR count). The molecule has 1 aliphatic rings. The average molecular weight is 289 g/mol. The lowest BCUT2D eigenvalue weighted by Gasteiger charge is -2.51. The number of nitrogens with zero attached hydrogens (tertiary/aromatic N) is 1. The number of aliphatic carboxylic acids is 1. The topological polar surface area (TPSA) is 40.5 Å². The third-order valence-electron chi connectivity index (χ3n) is 4.59. The van der Waals surface area contributed by atoms with Gasteiger partial charge in [-0.2, -0.15) is 0 Å². The van der Waals surface area contributed by atoms with Crippen molar-refractivity contribution >= 4 is 11.7 Å². The first-order valence-electron chi connectivity index (χ1n) is 7.78. The van der Waals surface area contributed by atoms with Crippen molar-refractivity contribution in [1.82, 2.24) is 0 Å². The van der Waals surface area contributed by atoms with Crippen molar-refractivity contribution in [3.05, 3.63) is 29.3 Å². The standard InChI is InChI=1S/C18H27NO2/c1-11(2)16(17(20)21)19-15-8-7-12(3)9-14(15)13(4)10-18(19,5)6/h7-9,11,13,16H,10H2,1-6H3,(H,20,21)/t13-,16-/m1/s1. The molecule has 0 bridgehead atoms. The van der Waals surface area contributed by atoms with E-state index in [1.54, 1.807) is 0 Å². The average Bonchev–Trinajstić information content (AvgIpc) is 2.33. The summed E-state index contributed by atoms with van der Waals surface area (Å²) in [5, 5.41) is 9.73. The number of hydrogen-bond acceptors (Lipinski definition) is 2. The Bertz CT molecular complexity index is 548. The number of hydrogen-bond donors (Lipinski definition) is 1. The summed E-state index contributed by atoms with van der Waals surface area (Å²) in [4.78, 5) is 14.0. The Hall–Kier alpha value is -1.51. The lowest BCUT2D eigenvalue weighted by molar-refractivity contribution is -0.140. The van der Waals surface area contributed by atoms with Gasteiger partial charge in [0, 0.05) is 11.2 Å². The Labute approximate surface area is 128 Å². The van der Waals surface area contributed by atoms with Gasteiger partial charge in [-0.15, -0.1) is 0 Å². The molecule has 1 heterocycles. The third-order valence-corrected chi connectivity index (χ3v) is 4.59. The van der Waals surface area contributed by atoms with E-state index in [1.807, 2.05) is 13.8 Å². The molecule has 21 heavy (non-hydrogen) atoms. The zero-order valence-corrected chi connectivity index (χ0v) is 14.0.